The Morgan fingerprint density at radius 3 is 2.61 bits per heavy atom. The van der Waals surface area contributed by atoms with Crippen molar-refractivity contribution in [3.05, 3.63) is 24.3 Å². The first-order valence-electron chi connectivity index (χ1n) is 9.88. The molecule has 0 spiro atoms. The van der Waals surface area contributed by atoms with E-state index in [1.807, 2.05) is 31.8 Å². The molecule has 1 aromatic rings. The van der Waals surface area contributed by atoms with Gasteiger partial charge in [-0.05, 0) is 49.4 Å². The summed E-state index contributed by atoms with van der Waals surface area (Å²) in [6.07, 6.45) is 2.09. The van der Waals surface area contributed by atoms with Gasteiger partial charge < -0.3 is 9.47 Å². The van der Waals surface area contributed by atoms with Gasteiger partial charge in [0.25, 0.3) is 0 Å². The van der Waals surface area contributed by atoms with E-state index in [1.165, 1.54) is 0 Å². The normalized spacial score (nSPS) is 14.4. The van der Waals surface area contributed by atoms with Gasteiger partial charge in [-0.25, -0.2) is 8.42 Å². The molecule has 0 aromatic heterocycles. The number of nitrogens with zero attached hydrogens (tertiary/aromatic N) is 3. The number of hydrogen-bond donors (Lipinski definition) is 0. The van der Waals surface area contributed by atoms with E-state index in [0.29, 0.717) is 30.9 Å². The average molecular weight is 405 g/mol. The molecule has 154 valence electrons. The van der Waals surface area contributed by atoms with Crippen molar-refractivity contribution in [1.29, 1.82) is 5.26 Å². The highest BCUT2D eigenvalue weighted by Gasteiger charge is 2.37. The molecule has 28 heavy (non-hydrogen) atoms. The molecule has 1 aliphatic rings. The summed E-state index contributed by atoms with van der Waals surface area (Å²) in [5.74, 6) is 0.218. The average Bonchev–Trinajstić information content (AvgIpc) is 3.45. The maximum Gasteiger partial charge on any atom is 0.440 e. The van der Waals surface area contributed by atoms with Crippen molar-refractivity contribution >= 4 is 22.8 Å². The minimum atomic E-state index is -3.62. The summed E-state index contributed by atoms with van der Waals surface area (Å²) < 4.78 is 33.8. The fourth-order valence-electron chi connectivity index (χ4n) is 3.30. The number of anilines is 1. The van der Waals surface area contributed by atoms with Crippen molar-refractivity contribution in [2.75, 3.05) is 31.5 Å². The van der Waals surface area contributed by atoms with Gasteiger partial charge in [-0.15, -0.1) is 0 Å². The van der Waals surface area contributed by atoms with Crippen molar-refractivity contribution in [1.82, 2.24) is 4.31 Å². The van der Waals surface area contributed by atoms with Crippen molar-refractivity contribution in [3.8, 4) is 6.07 Å². The Morgan fingerprint density at radius 1 is 1.36 bits per heavy atom. The van der Waals surface area contributed by atoms with Gasteiger partial charge in [0.15, 0.2) is 0 Å². The van der Waals surface area contributed by atoms with Crippen LogP contribution in [0.4, 0.5) is 5.69 Å². The van der Waals surface area contributed by atoms with E-state index in [2.05, 4.69) is 19.9 Å². The van der Waals surface area contributed by atoms with Gasteiger partial charge in [0.2, 0.25) is 10.0 Å². The van der Waals surface area contributed by atoms with Crippen LogP contribution in [0, 0.1) is 22.7 Å². The lowest BCUT2D eigenvalue weighted by Crippen LogP contribution is -2.41. The van der Waals surface area contributed by atoms with Gasteiger partial charge in [-0.1, -0.05) is 33.8 Å². The van der Waals surface area contributed by atoms with Crippen LogP contribution in [0.3, 0.4) is 0 Å². The lowest BCUT2D eigenvalue weighted by molar-refractivity contribution is 0.227. The van der Waals surface area contributed by atoms with Gasteiger partial charge >= 0.3 is 7.05 Å². The third kappa shape index (κ3) is 6.23. The SMILES string of the molecule is CC(C)CN(CC(C)(C)CCCC#N)S(=O)(=O)c1cccc(N(C)B2CO2)c1. The molecule has 8 heteroatoms. The zero-order valence-electron chi connectivity index (χ0n) is 17.7. The zero-order chi connectivity index (χ0) is 20.9. The fraction of sp³-hybridized carbons (Fsp3) is 0.650. The number of hydrogen-bond acceptors (Lipinski definition) is 5. The molecule has 2 rings (SSSR count). The Bertz CT molecular complexity index is 801. The molecule has 0 unspecified atom stereocenters. The predicted molar refractivity (Wildman–Crippen MR) is 113 cm³/mol. The molecule has 1 fully saturated rings. The molecule has 1 heterocycles. The van der Waals surface area contributed by atoms with Crippen molar-refractivity contribution in [2.45, 2.75) is 51.9 Å². The Kier molecular flexibility index (Phi) is 7.55. The number of sulfonamides is 1. The summed E-state index contributed by atoms with van der Waals surface area (Å²) in [6, 6.07) is 9.24. The summed E-state index contributed by atoms with van der Waals surface area (Å²) >= 11 is 0. The van der Waals surface area contributed by atoms with E-state index >= 15 is 0 Å². The Balaban J connectivity index is 2.26. The van der Waals surface area contributed by atoms with Crippen molar-refractivity contribution in [3.63, 3.8) is 0 Å². The second kappa shape index (κ2) is 9.30. The second-order valence-corrected chi connectivity index (χ2v) is 10.7. The van der Waals surface area contributed by atoms with E-state index in [9.17, 15) is 8.42 Å². The Labute approximate surface area is 170 Å². The smallest absolute Gasteiger partial charge is 0.418 e. The monoisotopic (exact) mass is 405 g/mol. The second-order valence-electron chi connectivity index (χ2n) is 8.76. The van der Waals surface area contributed by atoms with Crippen LogP contribution in [0.2, 0.25) is 0 Å². The van der Waals surface area contributed by atoms with E-state index in [-0.39, 0.29) is 18.4 Å². The molecule has 0 saturated carbocycles. The van der Waals surface area contributed by atoms with Crippen LogP contribution in [-0.2, 0) is 14.7 Å². The highest BCUT2D eigenvalue weighted by Crippen LogP contribution is 2.30. The van der Waals surface area contributed by atoms with Crippen LogP contribution in [0.1, 0.15) is 47.0 Å². The summed E-state index contributed by atoms with van der Waals surface area (Å²) in [5.41, 5.74) is 0.635. The topological polar surface area (TPSA) is 76.9 Å². The standard InChI is InChI=1S/C20H32BN3O3S/c1-17(2)14-24(15-20(3,4)11-6-7-12-22)28(25,26)19-10-8-9-18(13-19)23(5)21-16-27-21/h8-10,13,17H,6-7,11,14-16H2,1-5H3. The molecule has 1 aliphatic heterocycles. The summed E-state index contributed by atoms with van der Waals surface area (Å²) in [4.78, 5) is 2.27. The number of nitriles is 1. The van der Waals surface area contributed by atoms with E-state index < -0.39 is 10.0 Å². The van der Waals surface area contributed by atoms with Crippen molar-refractivity contribution in [2.24, 2.45) is 11.3 Å². The van der Waals surface area contributed by atoms with Crippen LogP contribution in [-0.4, -0.2) is 46.4 Å². The van der Waals surface area contributed by atoms with Crippen LogP contribution in [0.15, 0.2) is 29.2 Å². The third-order valence-electron chi connectivity index (χ3n) is 4.93. The van der Waals surface area contributed by atoms with E-state index in [1.54, 1.807) is 22.5 Å². The quantitative estimate of drug-likeness (QED) is 0.320. The van der Waals surface area contributed by atoms with Gasteiger partial charge in [0, 0.05) is 25.2 Å². The highest BCUT2D eigenvalue weighted by atomic mass is 32.2. The molecule has 0 radical (unpaired) electrons. The molecular formula is C20H32BN3O3S. The minimum absolute atomic E-state index is 0.0313. The lowest BCUT2D eigenvalue weighted by Gasteiger charge is -2.33. The van der Waals surface area contributed by atoms with Crippen molar-refractivity contribution < 1.29 is 13.1 Å². The maximum atomic E-state index is 13.5. The molecule has 6 nitrogen and oxygen atoms in total. The molecule has 1 saturated heterocycles. The van der Waals surface area contributed by atoms with Gasteiger partial charge in [0.1, 0.15) is 0 Å². The lowest BCUT2D eigenvalue weighted by atomic mass is 9.87. The molecule has 0 amide bonds. The Hall–Kier alpha value is -1.56. The van der Waals surface area contributed by atoms with Crippen LogP contribution < -0.4 is 4.81 Å². The highest BCUT2D eigenvalue weighted by molar-refractivity contribution is 7.89. The molecule has 0 bridgehead atoms. The summed E-state index contributed by atoms with van der Waals surface area (Å²) in [6.45, 7) is 9.77. The van der Waals surface area contributed by atoms with Gasteiger partial charge in [0.05, 0.1) is 17.5 Å². The van der Waals surface area contributed by atoms with E-state index in [0.717, 1.165) is 18.5 Å². The molecule has 0 N–H and O–H groups in total. The molecule has 0 aliphatic carbocycles. The maximum absolute atomic E-state index is 13.5. The van der Waals surface area contributed by atoms with Crippen LogP contribution in [0.25, 0.3) is 0 Å². The first-order chi connectivity index (χ1) is 13.1. The number of benzene rings is 1. The predicted octanol–water partition coefficient (Wildman–Crippen LogP) is 3.55. The Morgan fingerprint density at radius 2 is 2.04 bits per heavy atom. The first kappa shape index (κ1) is 22.7. The fourth-order valence-corrected chi connectivity index (χ4v) is 5.13. The van der Waals surface area contributed by atoms with Gasteiger partial charge in [-0.3, -0.25) is 0 Å². The molecular weight excluding hydrogens is 373 g/mol. The number of rotatable bonds is 11. The first-order valence-corrected chi connectivity index (χ1v) is 11.3. The van der Waals surface area contributed by atoms with Crippen LogP contribution >= 0.6 is 0 Å². The molecule has 1 aromatic carbocycles. The summed E-state index contributed by atoms with van der Waals surface area (Å²) in [7, 11) is -1.68. The minimum Gasteiger partial charge on any atom is -0.418 e. The largest absolute Gasteiger partial charge is 0.440 e. The van der Waals surface area contributed by atoms with Gasteiger partial charge in [-0.2, -0.15) is 9.57 Å². The third-order valence-corrected chi connectivity index (χ3v) is 6.73. The van der Waals surface area contributed by atoms with Crippen LogP contribution in [0.5, 0.6) is 0 Å². The molecule has 0 atom stereocenters. The zero-order valence-corrected chi connectivity index (χ0v) is 18.5. The summed E-state index contributed by atoms with van der Waals surface area (Å²) in [5, 5.41) is 8.79. The van der Waals surface area contributed by atoms with E-state index in [4.69, 9.17) is 9.92 Å². The number of unbranched alkanes of at least 4 members (excludes halogenated alkanes) is 1.